The van der Waals surface area contributed by atoms with Crippen molar-refractivity contribution in [2.45, 2.75) is 12.3 Å². The number of amides is 2. The molecule has 7 heteroatoms. The van der Waals surface area contributed by atoms with Crippen LogP contribution in [0.4, 0.5) is 10.5 Å². The molecule has 2 amide bonds. The second-order valence-electron chi connectivity index (χ2n) is 8.66. The van der Waals surface area contributed by atoms with E-state index in [1.807, 2.05) is 24.3 Å². The third-order valence-electron chi connectivity index (χ3n) is 6.46. The first-order chi connectivity index (χ1) is 16.5. The number of hydrogen-bond acceptors (Lipinski definition) is 4. The van der Waals surface area contributed by atoms with E-state index < -0.39 is 18.0 Å². The molecule has 2 N–H and O–H groups in total. The smallest absolute Gasteiger partial charge is 0.411 e. The number of nitrogens with one attached hydrogen (secondary N) is 1. The van der Waals surface area contributed by atoms with Gasteiger partial charge in [-0.1, -0.05) is 60.7 Å². The highest BCUT2D eigenvalue weighted by Gasteiger charge is 2.35. The Balaban J connectivity index is 1.18. The van der Waals surface area contributed by atoms with Gasteiger partial charge in [0.15, 0.2) is 0 Å². The molecule has 0 spiro atoms. The predicted molar refractivity (Wildman–Crippen MR) is 127 cm³/mol. The Hall–Kier alpha value is -4.13. The first-order valence-corrected chi connectivity index (χ1v) is 11.2. The molecular weight excluding hydrogens is 432 g/mol. The number of aliphatic carboxylic acids is 1. The fourth-order valence-electron chi connectivity index (χ4n) is 4.64. The lowest BCUT2D eigenvalue weighted by molar-refractivity contribution is -0.152. The molecule has 2 aliphatic rings. The molecule has 0 radical (unpaired) electrons. The highest BCUT2D eigenvalue weighted by molar-refractivity contribution is 5.86. The fourth-order valence-corrected chi connectivity index (χ4v) is 4.64. The summed E-state index contributed by atoms with van der Waals surface area (Å²) in [7, 11) is 0. The van der Waals surface area contributed by atoms with Crippen LogP contribution in [0.15, 0.2) is 72.8 Å². The summed E-state index contributed by atoms with van der Waals surface area (Å²) in [4.78, 5) is 37.4. The van der Waals surface area contributed by atoms with Crippen molar-refractivity contribution < 1.29 is 24.2 Å². The van der Waals surface area contributed by atoms with Crippen LogP contribution in [0.2, 0.25) is 0 Å². The number of carbonyl (C=O) groups excluding carboxylic acids is 2. The molecule has 0 aromatic heterocycles. The lowest BCUT2D eigenvalue weighted by Crippen LogP contribution is -2.53. The van der Waals surface area contributed by atoms with E-state index in [1.54, 1.807) is 24.3 Å². The summed E-state index contributed by atoms with van der Waals surface area (Å²) in [6.45, 7) is 0.704. The molecule has 172 valence electrons. The van der Waals surface area contributed by atoms with Crippen molar-refractivity contribution in [1.82, 2.24) is 4.90 Å². The highest BCUT2D eigenvalue weighted by Crippen LogP contribution is 2.44. The number of benzene rings is 3. The first-order valence-electron chi connectivity index (χ1n) is 11.2. The van der Waals surface area contributed by atoms with Gasteiger partial charge in [-0.2, -0.15) is 0 Å². The van der Waals surface area contributed by atoms with Gasteiger partial charge < -0.3 is 14.7 Å². The van der Waals surface area contributed by atoms with Crippen molar-refractivity contribution in [3.8, 4) is 11.1 Å². The van der Waals surface area contributed by atoms with Gasteiger partial charge in [0, 0.05) is 24.7 Å². The van der Waals surface area contributed by atoms with Crippen LogP contribution in [0.5, 0.6) is 0 Å². The monoisotopic (exact) mass is 456 g/mol. The Morgan fingerprint density at radius 2 is 1.56 bits per heavy atom. The zero-order valence-electron chi connectivity index (χ0n) is 18.4. The Kier molecular flexibility index (Phi) is 5.76. The molecule has 7 nitrogen and oxygen atoms in total. The van der Waals surface area contributed by atoms with E-state index in [0.717, 1.165) is 16.7 Å². The lowest BCUT2D eigenvalue weighted by atomic mass is 9.98. The number of nitrogens with zero attached hydrogens (tertiary/aromatic N) is 1. The number of hydrogen-bond donors (Lipinski definition) is 2. The predicted octanol–water partition coefficient (Wildman–Crippen LogP) is 4.13. The maximum Gasteiger partial charge on any atom is 0.411 e. The molecule has 5 rings (SSSR count). The number of rotatable bonds is 6. The highest BCUT2D eigenvalue weighted by atomic mass is 16.5. The van der Waals surface area contributed by atoms with Gasteiger partial charge in [-0.3, -0.25) is 14.9 Å². The van der Waals surface area contributed by atoms with Gasteiger partial charge in [-0.25, -0.2) is 4.79 Å². The minimum Gasteiger partial charge on any atom is -0.481 e. The van der Waals surface area contributed by atoms with Crippen LogP contribution in [-0.2, 0) is 20.7 Å². The van der Waals surface area contributed by atoms with Crippen LogP contribution in [-0.4, -0.2) is 47.7 Å². The minimum atomic E-state index is -0.877. The number of carboxylic acids is 1. The topological polar surface area (TPSA) is 95.9 Å². The summed E-state index contributed by atoms with van der Waals surface area (Å²) in [5, 5.41) is 11.7. The summed E-state index contributed by atoms with van der Waals surface area (Å²) in [5.74, 6) is -1.51. The average Bonchev–Trinajstić information content (AvgIpc) is 3.10. The number of likely N-dealkylation sites (tertiary alicyclic amines) is 1. The van der Waals surface area contributed by atoms with Crippen molar-refractivity contribution in [2.24, 2.45) is 5.92 Å². The number of carboxylic acid groups (broad SMARTS) is 1. The molecule has 1 heterocycles. The number of anilines is 1. The zero-order chi connectivity index (χ0) is 23.7. The second kappa shape index (κ2) is 9.02. The lowest BCUT2D eigenvalue weighted by Gasteiger charge is -2.36. The van der Waals surface area contributed by atoms with Gasteiger partial charge in [0.25, 0.3) is 0 Å². The van der Waals surface area contributed by atoms with Crippen LogP contribution in [0.1, 0.15) is 22.6 Å². The minimum absolute atomic E-state index is 0.0201. The molecule has 0 saturated carbocycles. The number of fused-ring (bicyclic) bond motifs is 3. The Morgan fingerprint density at radius 3 is 2.21 bits per heavy atom. The molecule has 0 bridgehead atoms. The summed E-state index contributed by atoms with van der Waals surface area (Å²) < 4.78 is 5.58. The summed E-state index contributed by atoms with van der Waals surface area (Å²) in [6, 6.07) is 23.3. The van der Waals surface area contributed by atoms with Gasteiger partial charge in [-0.05, 0) is 39.9 Å². The van der Waals surface area contributed by atoms with Gasteiger partial charge >= 0.3 is 12.1 Å². The second-order valence-corrected chi connectivity index (χ2v) is 8.66. The normalized spacial score (nSPS) is 14.6. The number of carbonyl (C=O) groups is 3. The van der Waals surface area contributed by atoms with Crippen LogP contribution < -0.4 is 5.32 Å². The molecule has 1 aliphatic carbocycles. The van der Waals surface area contributed by atoms with Crippen molar-refractivity contribution in [3.05, 3.63) is 89.5 Å². The van der Waals surface area contributed by atoms with E-state index in [4.69, 9.17) is 9.84 Å². The third-order valence-corrected chi connectivity index (χ3v) is 6.46. The molecular formula is C27H24N2O5. The van der Waals surface area contributed by atoms with E-state index in [0.29, 0.717) is 5.69 Å². The summed E-state index contributed by atoms with van der Waals surface area (Å²) >= 11 is 0. The molecule has 34 heavy (non-hydrogen) atoms. The summed E-state index contributed by atoms with van der Waals surface area (Å²) in [6.07, 6.45) is -0.413. The van der Waals surface area contributed by atoms with Gasteiger partial charge in [-0.15, -0.1) is 0 Å². The van der Waals surface area contributed by atoms with Gasteiger partial charge in [0.1, 0.15) is 6.61 Å². The molecule has 3 aromatic carbocycles. The first kappa shape index (κ1) is 21.7. The standard InChI is InChI=1S/C27H24N2O5/c30-25(29-14-18(15-29)26(31)32)13-17-6-5-7-19(12-17)28-27(33)34-16-24-22-10-3-1-8-20(22)21-9-2-4-11-23(21)24/h1-12,18,24H,13-16H2,(H,28,33)(H,31,32). The van der Waals surface area contributed by atoms with Crippen molar-refractivity contribution in [3.63, 3.8) is 0 Å². The third kappa shape index (κ3) is 4.24. The maximum absolute atomic E-state index is 12.5. The Labute approximate surface area is 197 Å². The van der Waals surface area contributed by atoms with Crippen LogP contribution in [0.25, 0.3) is 11.1 Å². The van der Waals surface area contributed by atoms with Crippen molar-refractivity contribution in [2.75, 3.05) is 25.0 Å². The molecule has 1 fully saturated rings. The van der Waals surface area contributed by atoms with E-state index in [1.165, 1.54) is 16.0 Å². The van der Waals surface area contributed by atoms with Crippen molar-refractivity contribution in [1.29, 1.82) is 0 Å². The molecule has 0 unspecified atom stereocenters. The van der Waals surface area contributed by atoms with E-state index >= 15 is 0 Å². The van der Waals surface area contributed by atoms with Gasteiger partial charge in [0.05, 0.1) is 12.3 Å². The largest absolute Gasteiger partial charge is 0.481 e. The molecule has 1 aliphatic heterocycles. The van der Waals surface area contributed by atoms with Crippen molar-refractivity contribution >= 4 is 23.7 Å². The van der Waals surface area contributed by atoms with Crippen LogP contribution in [0, 0.1) is 5.92 Å². The quantitative estimate of drug-likeness (QED) is 0.581. The van der Waals surface area contributed by atoms with Crippen LogP contribution in [0.3, 0.4) is 0 Å². The maximum atomic E-state index is 12.5. The van der Waals surface area contributed by atoms with Crippen LogP contribution >= 0.6 is 0 Å². The number of ether oxygens (including phenoxy) is 1. The molecule has 3 aromatic rings. The van der Waals surface area contributed by atoms with E-state index in [-0.39, 0.29) is 37.9 Å². The Bertz CT molecular complexity index is 1220. The van der Waals surface area contributed by atoms with E-state index in [9.17, 15) is 14.4 Å². The summed E-state index contributed by atoms with van der Waals surface area (Å²) in [5.41, 5.74) is 5.90. The zero-order valence-corrected chi connectivity index (χ0v) is 18.4. The van der Waals surface area contributed by atoms with E-state index in [2.05, 4.69) is 29.6 Å². The molecule has 1 saturated heterocycles. The fraction of sp³-hybridized carbons (Fsp3) is 0.222. The average molecular weight is 456 g/mol. The van der Waals surface area contributed by atoms with Gasteiger partial charge in [0.2, 0.25) is 5.91 Å². The SMILES string of the molecule is O=C(Nc1cccc(CC(=O)N2CC(C(=O)O)C2)c1)OCC1c2ccccc2-c2ccccc21. The molecule has 0 atom stereocenters. The Morgan fingerprint density at radius 1 is 0.912 bits per heavy atom.